The van der Waals surface area contributed by atoms with E-state index >= 15 is 0 Å². The van der Waals surface area contributed by atoms with Crippen molar-refractivity contribution in [2.24, 2.45) is 0 Å². The van der Waals surface area contributed by atoms with Gasteiger partial charge in [0.15, 0.2) is 0 Å². The summed E-state index contributed by atoms with van der Waals surface area (Å²) < 4.78 is 51.4. The predicted molar refractivity (Wildman–Crippen MR) is 109 cm³/mol. The number of amides is 2. The first kappa shape index (κ1) is 24.4. The second-order valence-electron chi connectivity index (χ2n) is 6.92. The van der Waals surface area contributed by atoms with Gasteiger partial charge in [-0.1, -0.05) is 0 Å². The molecule has 0 radical (unpaired) electrons. The zero-order valence-corrected chi connectivity index (χ0v) is 18.4. The number of ether oxygens (including phenoxy) is 3. The number of nitrogens with one attached hydrogen (secondary N) is 1. The Kier molecular flexibility index (Phi) is 7.75. The maximum atomic E-state index is 14.6. The van der Waals surface area contributed by atoms with Gasteiger partial charge in [0.05, 0.1) is 37.7 Å². The van der Waals surface area contributed by atoms with Gasteiger partial charge in [-0.3, -0.25) is 14.0 Å². The minimum absolute atomic E-state index is 0.0476. The molecular formula is C16H22FN3O10P2. The number of benzene rings is 1. The molecule has 16 heteroatoms. The van der Waals surface area contributed by atoms with E-state index in [2.05, 4.69) is 10.1 Å². The maximum absolute atomic E-state index is 14.6. The molecule has 0 spiro atoms. The van der Waals surface area contributed by atoms with Crippen molar-refractivity contribution in [3.63, 3.8) is 0 Å². The van der Waals surface area contributed by atoms with Crippen molar-refractivity contribution in [3.05, 3.63) is 24.0 Å². The largest absolute Gasteiger partial charge is 0.442 e. The van der Waals surface area contributed by atoms with E-state index in [1.54, 1.807) is 12.1 Å². The standard InChI is InChI=1S/C16H22FN3O10P2/c17-12-7-10(1-2-13(12)19-3-5-28-6-4-19)20-9-11(29-15(20)22)8-18-14(21)30-16(31(23)24)32(25,26)27/h1-2,7,11,16,31H,3-6,8-9H2,(H,18,21)(H,23,24)(H2,25,26,27)/t11-,16?/m0/s1. The molecule has 0 bridgehead atoms. The van der Waals surface area contributed by atoms with E-state index in [0.29, 0.717) is 32.0 Å². The Balaban J connectivity index is 1.57. The van der Waals surface area contributed by atoms with Gasteiger partial charge in [-0.25, -0.2) is 14.0 Å². The van der Waals surface area contributed by atoms with E-state index in [-0.39, 0.29) is 18.8 Å². The summed E-state index contributed by atoms with van der Waals surface area (Å²) in [6, 6.07) is 4.30. The van der Waals surface area contributed by atoms with Gasteiger partial charge in [0, 0.05) is 13.1 Å². The van der Waals surface area contributed by atoms with E-state index in [0.717, 1.165) is 4.90 Å². The highest BCUT2D eigenvalue weighted by atomic mass is 31.2. The third-order valence-electron chi connectivity index (χ3n) is 4.68. The van der Waals surface area contributed by atoms with Gasteiger partial charge in [-0.15, -0.1) is 0 Å². The van der Waals surface area contributed by atoms with Gasteiger partial charge >= 0.3 is 19.8 Å². The minimum Gasteiger partial charge on any atom is -0.442 e. The predicted octanol–water partition coefficient (Wildman–Crippen LogP) is 0.642. The van der Waals surface area contributed by atoms with Crippen molar-refractivity contribution in [3.8, 4) is 0 Å². The summed E-state index contributed by atoms with van der Waals surface area (Å²) in [5.74, 6) is -0.523. The Morgan fingerprint density at radius 3 is 2.66 bits per heavy atom. The molecule has 2 heterocycles. The summed E-state index contributed by atoms with van der Waals surface area (Å²) in [5.41, 5.74) is -1.86. The molecular weight excluding hydrogens is 475 g/mol. The maximum Gasteiger partial charge on any atom is 0.414 e. The molecule has 4 N–H and O–H groups in total. The molecule has 0 saturated carbocycles. The Hall–Kier alpha value is -2.21. The van der Waals surface area contributed by atoms with Crippen LogP contribution in [0, 0.1) is 5.82 Å². The molecule has 2 saturated heterocycles. The van der Waals surface area contributed by atoms with Gasteiger partial charge < -0.3 is 39.1 Å². The molecule has 1 aromatic rings. The lowest BCUT2D eigenvalue weighted by Crippen LogP contribution is -2.37. The van der Waals surface area contributed by atoms with E-state index < -0.39 is 45.3 Å². The van der Waals surface area contributed by atoms with E-state index in [9.17, 15) is 23.1 Å². The number of morpholine rings is 1. The van der Waals surface area contributed by atoms with Crippen LogP contribution in [-0.4, -0.2) is 77.9 Å². The molecule has 2 aliphatic heterocycles. The van der Waals surface area contributed by atoms with Crippen LogP contribution in [0.15, 0.2) is 18.2 Å². The summed E-state index contributed by atoms with van der Waals surface area (Å²) in [4.78, 5) is 53.7. The number of halogens is 1. The first-order valence-corrected chi connectivity index (χ1v) is 12.5. The number of cyclic esters (lactones) is 1. The molecule has 32 heavy (non-hydrogen) atoms. The zero-order chi connectivity index (χ0) is 23.5. The molecule has 2 amide bonds. The number of carbonyl (C=O) groups is 2. The number of nitrogens with zero attached hydrogens (tertiary/aromatic N) is 2. The van der Waals surface area contributed by atoms with Crippen LogP contribution in [0.1, 0.15) is 0 Å². The summed E-state index contributed by atoms with van der Waals surface area (Å²) in [5, 5.41) is 2.10. The Labute approximate surface area is 182 Å². The van der Waals surface area contributed by atoms with Crippen molar-refractivity contribution in [1.29, 1.82) is 0 Å². The van der Waals surface area contributed by atoms with Crippen molar-refractivity contribution in [2.75, 3.05) is 49.2 Å². The molecule has 3 rings (SSSR count). The Morgan fingerprint density at radius 1 is 1.38 bits per heavy atom. The number of hydrogen-bond donors (Lipinski definition) is 4. The third kappa shape index (κ3) is 5.97. The highest BCUT2D eigenvalue weighted by Gasteiger charge is 2.38. The van der Waals surface area contributed by atoms with Crippen molar-refractivity contribution >= 4 is 39.2 Å². The summed E-state index contributed by atoms with van der Waals surface area (Å²) in [6.45, 7) is 1.70. The molecule has 0 aromatic heterocycles. The second kappa shape index (κ2) is 10.2. The first-order valence-electron chi connectivity index (χ1n) is 9.39. The SMILES string of the molecule is O=C(NC[C@H]1CN(c2ccc(N3CCOCC3)c(F)c2)C(=O)O1)OC([PH](=O)O)P(=O)(O)O. The Morgan fingerprint density at radius 2 is 2.06 bits per heavy atom. The van der Waals surface area contributed by atoms with Gasteiger partial charge in [0.25, 0.3) is 5.59 Å². The fourth-order valence-electron chi connectivity index (χ4n) is 3.17. The summed E-state index contributed by atoms with van der Waals surface area (Å²) in [7, 11) is -9.02. The first-order chi connectivity index (χ1) is 15.1. The van der Waals surface area contributed by atoms with E-state index in [1.807, 2.05) is 4.90 Å². The van der Waals surface area contributed by atoms with Crippen LogP contribution in [0.25, 0.3) is 0 Å². The van der Waals surface area contributed by atoms with Crippen LogP contribution in [-0.2, 0) is 23.3 Å². The highest BCUT2D eigenvalue weighted by molar-refractivity contribution is 7.65. The molecule has 3 atom stereocenters. The van der Waals surface area contributed by atoms with Crippen LogP contribution in [0.4, 0.5) is 25.4 Å². The van der Waals surface area contributed by atoms with Gasteiger partial charge in [-0.05, 0) is 18.2 Å². The van der Waals surface area contributed by atoms with Crippen LogP contribution in [0.2, 0.25) is 0 Å². The topological polar surface area (TPSA) is 175 Å². The fourth-order valence-corrected chi connectivity index (χ4v) is 4.76. The van der Waals surface area contributed by atoms with E-state index in [4.69, 9.17) is 24.2 Å². The lowest BCUT2D eigenvalue weighted by molar-refractivity contribution is 0.122. The number of carbonyl (C=O) groups excluding carboxylic acids is 2. The van der Waals surface area contributed by atoms with Crippen molar-refractivity contribution in [2.45, 2.75) is 11.7 Å². The zero-order valence-electron chi connectivity index (χ0n) is 16.5. The summed E-state index contributed by atoms with van der Waals surface area (Å²) in [6.07, 6.45) is -3.03. The molecule has 178 valence electrons. The van der Waals surface area contributed by atoms with Gasteiger partial charge in [0.1, 0.15) is 11.9 Å². The molecule has 2 fully saturated rings. The van der Waals surface area contributed by atoms with Crippen LogP contribution >= 0.6 is 15.6 Å². The number of rotatable bonds is 7. The molecule has 1 aromatic carbocycles. The normalized spacial score (nSPS) is 21.1. The summed E-state index contributed by atoms with van der Waals surface area (Å²) >= 11 is 0. The smallest absolute Gasteiger partial charge is 0.414 e. The lowest BCUT2D eigenvalue weighted by Gasteiger charge is -2.29. The van der Waals surface area contributed by atoms with Gasteiger partial charge in [-0.2, -0.15) is 0 Å². The highest BCUT2D eigenvalue weighted by Crippen LogP contribution is 2.52. The van der Waals surface area contributed by atoms with Crippen molar-refractivity contribution < 1.29 is 52.0 Å². The number of anilines is 2. The molecule has 13 nitrogen and oxygen atoms in total. The van der Waals surface area contributed by atoms with Gasteiger partial charge in [0.2, 0.25) is 8.03 Å². The van der Waals surface area contributed by atoms with E-state index in [1.165, 1.54) is 6.07 Å². The molecule has 0 aliphatic carbocycles. The van der Waals surface area contributed by atoms with Crippen LogP contribution in [0.3, 0.4) is 0 Å². The number of alkyl carbamates (subject to hydrolysis) is 1. The van der Waals surface area contributed by atoms with Crippen LogP contribution < -0.4 is 15.1 Å². The third-order valence-corrected chi connectivity index (χ3v) is 7.61. The van der Waals surface area contributed by atoms with Crippen LogP contribution in [0.5, 0.6) is 0 Å². The second-order valence-corrected chi connectivity index (χ2v) is 10.3. The molecule has 2 unspecified atom stereocenters. The monoisotopic (exact) mass is 497 g/mol. The minimum atomic E-state index is -5.15. The van der Waals surface area contributed by atoms with Crippen molar-refractivity contribution in [1.82, 2.24) is 5.32 Å². The lowest BCUT2D eigenvalue weighted by atomic mass is 10.2. The quantitative estimate of drug-likeness (QED) is 0.389. The average molecular weight is 497 g/mol. The number of hydrogen-bond acceptors (Lipinski definition) is 8. The average Bonchev–Trinajstić information content (AvgIpc) is 3.10. The fraction of sp³-hybridized carbons (Fsp3) is 0.500. The Bertz CT molecular complexity index is 939. The molecule has 2 aliphatic rings.